The van der Waals surface area contributed by atoms with Gasteiger partial charge in [0.1, 0.15) is 0 Å². The summed E-state index contributed by atoms with van der Waals surface area (Å²) in [5.74, 6) is -0.462. The fourth-order valence-electron chi connectivity index (χ4n) is 5.37. The van der Waals surface area contributed by atoms with Crippen molar-refractivity contribution in [1.29, 1.82) is 0 Å². The Morgan fingerprint density at radius 2 is 2.00 bits per heavy atom. The average Bonchev–Trinajstić information content (AvgIpc) is 3.37. The molecule has 4 heterocycles. The molecule has 3 aliphatic heterocycles. The van der Waals surface area contributed by atoms with Gasteiger partial charge in [0, 0.05) is 56.2 Å². The van der Waals surface area contributed by atoms with Gasteiger partial charge in [-0.1, -0.05) is 17.7 Å². The summed E-state index contributed by atoms with van der Waals surface area (Å²) in [7, 11) is 0. The molecular weight excluding hydrogens is 444 g/mol. The van der Waals surface area contributed by atoms with Gasteiger partial charge in [-0.25, -0.2) is 0 Å². The monoisotopic (exact) mass is 474 g/mol. The first-order valence-electron chi connectivity index (χ1n) is 11.7. The Bertz CT molecular complexity index is 1010. The molecule has 3 aliphatic rings. The first-order valence-corrected chi connectivity index (χ1v) is 12.0. The van der Waals surface area contributed by atoms with Crippen LogP contribution in [0.2, 0.25) is 5.02 Å². The lowest BCUT2D eigenvalue weighted by Gasteiger charge is -2.39. The second kappa shape index (κ2) is 9.00. The molecule has 1 amide bonds. The lowest BCUT2D eigenvalue weighted by atomic mass is 9.83. The second-order valence-corrected chi connectivity index (χ2v) is 10.0. The number of likely N-dealkylation sites (tertiary alicyclic amines) is 1. The van der Waals surface area contributed by atoms with Crippen molar-refractivity contribution in [1.82, 2.24) is 14.7 Å². The summed E-state index contributed by atoms with van der Waals surface area (Å²) in [6.07, 6.45) is 6.85. The van der Waals surface area contributed by atoms with Crippen molar-refractivity contribution >= 4 is 17.5 Å². The number of hydrogen-bond donors (Lipinski definition) is 2. The Balaban J connectivity index is 1.19. The molecule has 178 valence electrons. The maximum absolute atomic E-state index is 12.0. The minimum absolute atomic E-state index is 0.462. The summed E-state index contributed by atoms with van der Waals surface area (Å²) in [5, 5.41) is 15.8. The first kappa shape index (κ1) is 22.8. The minimum Gasteiger partial charge on any atom is -0.390 e. The van der Waals surface area contributed by atoms with E-state index >= 15 is 0 Å². The lowest BCUT2D eigenvalue weighted by Crippen LogP contribution is -2.42. The van der Waals surface area contributed by atoms with Gasteiger partial charge in [0.15, 0.2) is 6.10 Å². The minimum atomic E-state index is -0.715. The third-order valence-electron chi connectivity index (χ3n) is 7.38. The maximum Gasteiger partial charge on any atom is 0.251 e. The molecule has 2 saturated heterocycles. The van der Waals surface area contributed by atoms with E-state index in [9.17, 15) is 9.90 Å². The topological polar surface area (TPSA) is 103 Å². The van der Waals surface area contributed by atoms with E-state index in [2.05, 4.69) is 16.2 Å². The van der Waals surface area contributed by atoms with Crippen molar-refractivity contribution in [2.45, 2.75) is 62.5 Å². The van der Waals surface area contributed by atoms with E-state index in [1.807, 2.05) is 23.0 Å². The lowest BCUT2D eigenvalue weighted by molar-refractivity contribution is -0.148. The fraction of sp³-hybridized carbons (Fsp3) is 0.583. The summed E-state index contributed by atoms with van der Waals surface area (Å²) in [6.45, 7) is 4.41. The number of nitrogens with zero attached hydrogens (tertiary/aromatic N) is 3. The van der Waals surface area contributed by atoms with Gasteiger partial charge in [-0.3, -0.25) is 14.4 Å². The summed E-state index contributed by atoms with van der Waals surface area (Å²) >= 11 is 6.26. The highest BCUT2D eigenvalue weighted by atomic mass is 35.5. The van der Waals surface area contributed by atoms with E-state index in [1.165, 1.54) is 0 Å². The van der Waals surface area contributed by atoms with Crippen molar-refractivity contribution in [3.8, 4) is 0 Å². The van der Waals surface area contributed by atoms with Crippen molar-refractivity contribution in [2.24, 2.45) is 5.73 Å². The number of primary amides is 1. The van der Waals surface area contributed by atoms with Crippen LogP contribution in [-0.4, -0.2) is 57.6 Å². The molecule has 1 unspecified atom stereocenters. The number of carbonyl (C=O) groups excluding carboxylic acids is 1. The molecule has 2 aromatic rings. The van der Waals surface area contributed by atoms with Crippen molar-refractivity contribution in [2.75, 3.05) is 26.3 Å². The van der Waals surface area contributed by atoms with Crippen LogP contribution in [0.25, 0.3) is 0 Å². The van der Waals surface area contributed by atoms with Crippen LogP contribution in [-0.2, 0) is 33.0 Å². The van der Waals surface area contributed by atoms with Crippen LogP contribution in [0.5, 0.6) is 0 Å². The molecule has 1 atom stereocenters. The molecule has 5 rings (SSSR count). The van der Waals surface area contributed by atoms with Gasteiger partial charge in [0.25, 0.3) is 5.91 Å². The number of rotatable bonds is 6. The molecular formula is C24H31ClN4O4. The molecule has 1 aromatic heterocycles. The largest absolute Gasteiger partial charge is 0.390 e. The molecule has 3 N–H and O–H groups in total. The fourth-order valence-corrected chi connectivity index (χ4v) is 5.54. The van der Waals surface area contributed by atoms with Crippen molar-refractivity contribution in [3.05, 3.63) is 52.3 Å². The van der Waals surface area contributed by atoms with Crippen LogP contribution in [0.3, 0.4) is 0 Å². The number of aliphatic hydroxyl groups is 1. The number of hydrogen-bond acceptors (Lipinski definition) is 6. The van der Waals surface area contributed by atoms with Gasteiger partial charge in [-0.2, -0.15) is 5.10 Å². The number of halogens is 1. The van der Waals surface area contributed by atoms with Crippen LogP contribution < -0.4 is 5.73 Å². The average molecular weight is 475 g/mol. The Morgan fingerprint density at radius 1 is 1.24 bits per heavy atom. The summed E-state index contributed by atoms with van der Waals surface area (Å²) in [5.41, 5.74) is 7.44. The van der Waals surface area contributed by atoms with Crippen LogP contribution in [0.4, 0.5) is 0 Å². The van der Waals surface area contributed by atoms with E-state index < -0.39 is 23.2 Å². The first-order chi connectivity index (χ1) is 15.9. The van der Waals surface area contributed by atoms with Crippen LogP contribution >= 0.6 is 11.6 Å². The predicted molar refractivity (Wildman–Crippen MR) is 123 cm³/mol. The van der Waals surface area contributed by atoms with E-state index in [0.29, 0.717) is 44.0 Å². The Hall–Kier alpha value is -1.97. The molecule has 9 heteroatoms. The zero-order chi connectivity index (χ0) is 23.1. The number of aromatic nitrogens is 2. The Kier molecular flexibility index (Phi) is 6.22. The van der Waals surface area contributed by atoms with Gasteiger partial charge < -0.3 is 20.3 Å². The number of nitrogens with two attached hydrogens (primary N) is 1. The van der Waals surface area contributed by atoms with E-state index in [0.717, 1.165) is 49.2 Å². The Morgan fingerprint density at radius 3 is 2.73 bits per heavy atom. The zero-order valence-corrected chi connectivity index (χ0v) is 19.5. The smallest absolute Gasteiger partial charge is 0.251 e. The van der Waals surface area contributed by atoms with Crippen molar-refractivity contribution in [3.63, 3.8) is 0 Å². The number of ether oxygens (including phenoxy) is 2. The summed E-state index contributed by atoms with van der Waals surface area (Å²) in [6, 6.07) is 5.57. The van der Waals surface area contributed by atoms with E-state index in [-0.39, 0.29) is 0 Å². The molecule has 0 saturated carbocycles. The highest BCUT2D eigenvalue weighted by molar-refractivity contribution is 6.30. The highest BCUT2D eigenvalue weighted by Crippen LogP contribution is 2.50. The van der Waals surface area contributed by atoms with Gasteiger partial charge in [-0.05, 0) is 55.4 Å². The van der Waals surface area contributed by atoms with E-state index in [4.69, 9.17) is 26.8 Å². The quantitative estimate of drug-likeness (QED) is 0.666. The number of benzene rings is 1. The molecule has 2 fully saturated rings. The summed E-state index contributed by atoms with van der Waals surface area (Å²) < 4.78 is 13.5. The molecule has 33 heavy (non-hydrogen) atoms. The normalized spacial score (nSPS) is 24.1. The molecule has 0 bridgehead atoms. The second-order valence-electron chi connectivity index (χ2n) is 9.60. The van der Waals surface area contributed by atoms with E-state index in [1.54, 1.807) is 6.07 Å². The van der Waals surface area contributed by atoms with Gasteiger partial charge in [0.2, 0.25) is 0 Å². The molecule has 0 aliphatic carbocycles. The molecule has 0 radical (unpaired) electrons. The van der Waals surface area contributed by atoms with Gasteiger partial charge in [0.05, 0.1) is 17.4 Å². The van der Waals surface area contributed by atoms with Crippen LogP contribution in [0.15, 0.2) is 30.6 Å². The molecule has 1 spiro atoms. The SMILES string of the molecule is NC(=O)C1OC2(CCN(Cc3cnn(CCC4(O)CCOCC4)c3)CC2)c2cc(Cl)ccc21. The summed E-state index contributed by atoms with van der Waals surface area (Å²) in [4.78, 5) is 14.4. The number of piperidine rings is 1. The maximum atomic E-state index is 12.0. The van der Waals surface area contributed by atoms with Gasteiger partial charge >= 0.3 is 0 Å². The molecule has 8 nitrogen and oxygen atoms in total. The van der Waals surface area contributed by atoms with Crippen molar-refractivity contribution < 1.29 is 19.4 Å². The number of amides is 1. The van der Waals surface area contributed by atoms with Crippen LogP contribution in [0.1, 0.15) is 54.9 Å². The zero-order valence-electron chi connectivity index (χ0n) is 18.7. The predicted octanol–water partition coefficient (Wildman–Crippen LogP) is 2.52. The van der Waals surface area contributed by atoms with Crippen LogP contribution in [0, 0.1) is 0 Å². The third-order valence-corrected chi connectivity index (χ3v) is 7.61. The highest BCUT2D eigenvalue weighted by Gasteiger charge is 2.48. The third kappa shape index (κ3) is 4.68. The number of aryl methyl sites for hydroxylation is 1. The number of fused-ring (bicyclic) bond motifs is 2. The number of carbonyl (C=O) groups is 1. The van der Waals surface area contributed by atoms with Gasteiger partial charge in [-0.15, -0.1) is 0 Å². The standard InChI is InChI=1S/C24H31ClN4O4/c25-18-1-2-19-20(13-18)24(33-21(19)22(26)30)4-8-28(9-5-24)15-17-14-27-29(16-17)10-3-23(31)6-11-32-12-7-23/h1-2,13-14,16,21,31H,3-12,15H2,(H2,26,30). The Labute approximate surface area is 198 Å². The molecule has 1 aromatic carbocycles.